The number of aliphatic hydroxyl groups is 1. The third kappa shape index (κ3) is 3.93. The number of nitrogens with zero attached hydrogens (tertiary/aromatic N) is 1. The van der Waals surface area contributed by atoms with Crippen LogP contribution in [0, 0.1) is 6.92 Å². The Morgan fingerprint density at radius 1 is 1.29 bits per heavy atom. The van der Waals surface area contributed by atoms with E-state index in [2.05, 4.69) is 6.92 Å². The molecule has 0 aliphatic rings. The lowest BCUT2D eigenvalue weighted by Gasteiger charge is -2.21. The van der Waals surface area contributed by atoms with Crippen molar-refractivity contribution in [3.05, 3.63) is 57.3 Å². The quantitative estimate of drug-likeness (QED) is 0.890. The second-order valence-electron chi connectivity index (χ2n) is 5.01. The lowest BCUT2D eigenvalue weighted by molar-refractivity contribution is 0.0712. The Balaban J connectivity index is 2.18. The summed E-state index contributed by atoms with van der Waals surface area (Å²) < 4.78 is 0. The van der Waals surface area contributed by atoms with E-state index in [0.717, 1.165) is 16.9 Å². The highest BCUT2D eigenvalue weighted by Crippen LogP contribution is 2.24. The Labute approximate surface area is 129 Å². The van der Waals surface area contributed by atoms with Crippen molar-refractivity contribution >= 4 is 17.2 Å². The number of aryl methyl sites for hydroxylation is 2. The number of hydrogen-bond donors (Lipinski definition) is 1. The van der Waals surface area contributed by atoms with Crippen LogP contribution in [0.5, 0.6) is 0 Å². The molecule has 0 aliphatic heterocycles. The molecule has 0 radical (unpaired) electrons. The van der Waals surface area contributed by atoms with Gasteiger partial charge in [0.15, 0.2) is 0 Å². The van der Waals surface area contributed by atoms with E-state index in [4.69, 9.17) is 0 Å². The first-order chi connectivity index (χ1) is 10.2. The minimum atomic E-state index is -0.0242. The van der Waals surface area contributed by atoms with Gasteiger partial charge in [-0.1, -0.05) is 37.3 Å². The number of benzene rings is 1. The Bertz CT molecular complexity index is 592. The highest BCUT2D eigenvalue weighted by atomic mass is 32.1. The van der Waals surface area contributed by atoms with Gasteiger partial charge >= 0.3 is 0 Å². The second kappa shape index (κ2) is 7.38. The van der Waals surface area contributed by atoms with Crippen molar-refractivity contribution in [2.45, 2.75) is 26.8 Å². The largest absolute Gasteiger partial charge is 0.395 e. The molecule has 0 unspecified atom stereocenters. The summed E-state index contributed by atoms with van der Waals surface area (Å²) >= 11 is 1.56. The van der Waals surface area contributed by atoms with Crippen LogP contribution >= 0.6 is 11.3 Å². The van der Waals surface area contributed by atoms with Gasteiger partial charge in [-0.25, -0.2) is 0 Å². The van der Waals surface area contributed by atoms with Crippen molar-refractivity contribution < 1.29 is 9.90 Å². The highest BCUT2D eigenvalue weighted by molar-refractivity contribution is 7.14. The number of thiophene rings is 1. The molecule has 0 saturated carbocycles. The number of carbonyl (C=O) groups is 1. The van der Waals surface area contributed by atoms with E-state index in [1.54, 1.807) is 16.2 Å². The molecular formula is C17H21NO2S. The van der Waals surface area contributed by atoms with Crippen LogP contribution in [-0.4, -0.2) is 29.1 Å². The van der Waals surface area contributed by atoms with Gasteiger partial charge in [-0.15, -0.1) is 11.3 Å². The van der Waals surface area contributed by atoms with Crippen LogP contribution in [0.15, 0.2) is 36.4 Å². The van der Waals surface area contributed by atoms with Crippen LogP contribution in [0.3, 0.4) is 0 Å². The van der Waals surface area contributed by atoms with E-state index in [-0.39, 0.29) is 12.5 Å². The van der Waals surface area contributed by atoms with Crippen LogP contribution in [0.2, 0.25) is 0 Å². The summed E-state index contributed by atoms with van der Waals surface area (Å²) in [6.45, 7) is 5.00. The fourth-order valence-electron chi connectivity index (χ4n) is 2.31. The minimum absolute atomic E-state index is 0.000651. The monoisotopic (exact) mass is 303 g/mol. The van der Waals surface area contributed by atoms with E-state index in [1.165, 1.54) is 10.4 Å². The van der Waals surface area contributed by atoms with Crippen LogP contribution in [0.1, 0.15) is 32.6 Å². The van der Waals surface area contributed by atoms with Gasteiger partial charge in [0, 0.05) is 18.0 Å². The fraction of sp³-hybridized carbons (Fsp3) is 0.353. The summed E-state index contributed by atoms with van der Waals surface area (Å²) in [7, 11) is 0. The average molecular weight is 303 g/mol. The molecule has 0 aliphatic carbocycles. The summed E-state index contributed by atoms with van der Waals surface area (Å²) in [5.41, 5.74) is 2.25. The molecule has 1 aromatic carbocycles. The van der Waals surface area contributed by atoms with Gasteiger partial charge in [-0.05, 0) is 30.5 Å². The van der Waals surface area contributed by atoms with Gasteiger partial charge in [0.05, 0.1) is 11.5 Å². The maximum Gasteiger partial charge on any atom is 0.264 e. The Morgan fingerprint density at radius 3 is 2.57 bits per heavy atom. The Hall–Kier alpha value is -1.65. The molecule has 0 saturated heterocycles. The molecule has 2 rings (SSSR count). The summed E-state index contributed by atoms with van der Waals surface area (Å²) in [5.74, 6) is 0.000651. The smallest absolute Gasteiger partial charge is 0.264 e. The first-order valence-electron chi connectivity index (χ1n) is 7.19. The normalized spacial score (nSPS) is 10.6. The van der Waals surface area contributed by atoms with E-state index in [0.29, 0.717) is 13.1 Å². The van der Waals surface area contributed by atoms with E-state index in [1.807, 2.05) is 43.3 Å². The number of rotatable bonds is 6. The van der Waals surface area contributed by atoms with Crippen molar-refractivity contribution in [3.63, 3.8) is 0 Å². The van der Waals surface area contributed by atoms with Crippen molar-refractivity contribution in [1.29, 1.82) is 0 Å². The zero-order valence-electron chi connectivity index (χ0n) is 12.5. The van der Waals surface area contributed by atoms with Gasteiger partial charge in [0.25, 0.3) is 5.91 Å². The molecule has 3 nitrogen and oxygen atoms in total. The summed E-state index contributed by atoms with van der Waals surface area (Å²) in [6, 6.07) is 11.8. The van der Waals surface area contributed by atoms with E-state index >= 15 is 0 Å². The van der Waals surface area contributed by atoms with Gasteiger partial charge in [-0.3, -0.25) is 4.79 Å². The lowest BCUT2D eigenvalue weighted by Crippen LogP contribution is -2.32. The zero-order valence-corrected chi connectivity index (χ0v) is 13.3. The second-order valence-corrected chi connectivity index (χ2v) is 6.14. The molecular weight excluding hydrogens is 282 g/mol. The van der Waals surface area contributed by atoms with E-state index in [9.17, 15) is 9.90 Å². The highest BCUT2D eigenvalue weighted by Gasteiger charge is 2.18. The zero-order chi connectivity index (χ0) is 15.2. The maximum atomic E-state index is 12.6. The molecule has 2 aromatic rings. The first kappa shape index (κ1) is 15.7. The molecule has 0 bridgehead atoms. The molecule has 0 fully saturated rings. The summed E-state index contributed by atoms with van der Waals surface area (Å²) in [6.07, 6.45) is 0.947. The standard InChI is InChI=1S/C17H21NO2S/c1-3-15-13(2)11-16(21-15)17(20)18(9-10-19)12-14-7-5-4-6-8-14/h4-8,11,19H,3,9-10,12H2,1-2H3. The van der Waals surface area contributed by atoms with Crippen LogP contribution in [0.4, 0.5) is 0 Å². The molecule has 1 amide bonds. The van der Waals surface area contributed by atoms with Crippen molar-refractivity contribution in [2.75, 3.05) is 13.2 Å². The molecule has 4 heteroatoms. The molecule has 1 heterocycles. The lowest BCUT2D eigenvalue weighted by atomic mass is 10.2. The van der Waals surface area contributed by atoms with Gasteiger partial charge in [-0.2, -0.15) is 0 Å². The summed E-state index contributed by atoms with van der Waals surface area (Å²) in [4.78, 5) is 16.4. The molecule has 1 aromatic heterocycles. The average Bonchev–Trinajstić information content (AvgIpc) is 2.88. The van der Waals surface area contributed by atoms with Gasteiger partial charge in [0.2, 0.25) is 0 Å². The third-order valence-corrected chi connectivity index (χ3v) is 4.80. The van der Waals surface area contributed by atoms with Crippen molar-refractivity contribution in [3.8, 4) is 0 Å². The molecule has 0 atom stereocenters. The summed E-state index contributed by atoms with van der Waals surface area (Å²) in [5, 5.41) is 9.23. The molecule has 21 heavy (non-hydrogen) atoms. The molecule has 112 valence electrons. The van der Waals surface area contributed by atoms with Crippen molar-refractivity contribution in [1.82, 2.24) is 4.90 Å². The predicted octanol–water partition coefficient (Wildman–Crippen LogP) is 3.25. The first-order valence-corrected chi connectivity index (χ1v) is 8.00. The van der Waals surface area contributed by atoms with Crippen LogP contribution in [0.25, 0.3) is 0 Å². The Kier molecular flexibility index (Phi) is 5.53. The molecule has 1 N–H and O–H groups in total. The van der Waals surface area contributed by atoms with Crippen molar-refractivity contribution in [2.24, 2.45) is 0 Å². The van der Waals surface area contributed by atoms with E-state index < -0.39 is 0 Å². The number of aliphatic hydroxyl groups excluding tert-OH is 1. The number of hydrogen-bond acceptors (Lipinski definition) is 3. The number of amides is 1. The SMILES string of the molecule is CCc1sc(C(=O)N(CCO)Cc2ccccc2)cc1C. The van der Waals surface area contributed by atoms with Crippen LogP contribution < -0.4 is 0 Å². The third-order valence-electron chi connectivity index (χ3n) is 3.43. The number of carbonyl (C=O) groups excluding carboxylic acids is 1. The Morgan fingerprint density at radius 2 is 2.00 bits per heavy atom. The predicted molar refractivity (Wildman–Crippen MR) is 86.7 cm³/mol. The van der Waals surface area contributed by atoms with Crippen LogP contribution in [-0.2, 0) is 13.0 Å². The minimum Gasteiger partial charge on any atom is -0.395 e. The fourth-order valence-corrected chi connectivity index (χ4v) is 3.39. The molecule has 0 spiro atoms. The maximum absolute atomic E-state index is 12.6. The van der Waals surface area contributed by atoms with Gasteiger partial charge < -0.3 is 10.0 Å². The van der Waals surface area contributed by atoms with Gasteiger partial charge in [0.1, 0.15) is 0 Å². The topological polar surface area (TPSA) is 40.5 Å².